The fraction of sp³-hybridized carbons (Fsp3) is 0.588. The maximum Gasteiger partial charge on any atom is 0.230 e. The summed E-state index contributed by atoms with van der Waals surface area (Å²) in [4.78, 5) is 12.5. The van der Waals surface area contributed by atoms with Crippen LogP contribution >= 0.6 is 0 Å². The van der Waals surface area contributed by atoms with Crippen molar-refractivity contribution < 1.29 is 14.3 Å². The average Bonchev–Trinajstić information content (AvgIpc) is 2.51. The Hall–Kier alpha value is -1.75. The standard InChI is InChI=1S/C17H28N2O3/c1-6-7-13(18)11-19-16(20)17(2,3)12-8-9-14(21-4)15(10-12)22-5/h8-10,13H,6-7,11,18H2,1-5H3,(H,19,20)/t13-/m1/s1. The summed E-state index contributed by atoms with van der Waals surface area (Å²) in [6, 6.07) is 5.53. The third-order valence-corrected chi connectivity index (χ3v) is 3.86. The van der Waals surface area contributed by atoms with Gasteiger partial charge in [-0.1, -0.05) is 19.4 Å². The first-order chi connectivity index (χ1) is 10.4. The van der Waals surface area contributed by atoms with Crippen LogP contribution in [0, 0.1) is 0 Å². The molecule has 0 aromatic heterocycles. The topological polar surface area (TPSA) is 73.6 Å². The molecule has 1 amide bonds. The van der Waals surface area contributed by atoms with Crippen LogP contribution in [0.1, 0.15) is 39.2 Å². The Bertz CT molecular complexity index is 501. The summed E-state index contributed by atoms with van der Waals surface area (Å²) in [5.74, 6) is 1.21. The number of benzene rings is 1. The van der Waals surface area contributed by atoms with E-state index in [-0.39, 0.29) is 11.9 Å². The van der Waals surface area contributed by atoms with Crippen molar-refractivity contribution in [1.82, 2.24) is 5.32 Å². The maximum absolute atomic E-state index is 12.5. The lowest BCUT2D eigenvalue weighted by molar-refractivity contribution is -0.125. The van der Waals surface area contributed by atoms with E-state index in [4.69, 9.17) is 15.2 Å². The number of nitrogens with one attached hydrogen (secondary N) is 1. The Morgan fingerprint density at radius 1 is 1.27 bits per heavy atom. The van der Waals surface area contributed by atoms with Crippen molar-refractivity contribution in [2.45, 2.75) is 45.1 Å². The van der Waals surface area contributed by atoms with Gasteiger partial charge < -0.3 is 20.5 Å². The van der Waals surface area contributed by atoms with Crippen molar-refractivity contribution >= 4 is 5.91 Å². The molecule has 1 rings (SSSR count). The molecule has 0 saturated heterocycles. The number of nitrogens with two attached hydrogens (primary N) is 1. The Labute approximate surface area is 133 Å². The molecule has 0 spiro atoms. The van der Waals surface area contributed by atoms with E-state index in [2.05, 4.69) is 12.2 Å². The number of hydrogen-bond donors (Lipinski definition) is 2. The second-order valence-electron chi connectivity index (χ2n) is 5.95. The molecule has 0 aliphatic rings. The van der Waals surface area contributed by atoms with E-state index in [0.717, 1.165) is 18.4 Å². The maximum atomic E-state index is 12.5. The van der Waals surface area contributed by atoms with Crippen molar-refractivity contribution in [3.05, 3.63) is 23.8 Å². The smallest absolute Gasteiger partial charge is 0.230 e. The highest BCUT2D eigenvalue weighted by atomic mass is 16.5. The number of hydrogen-bond acceptors (Lipinski definition) is 4. The average molecular weight is 308 g/mol. The Balaban J connectivity index is 2.86. The van der Waals surface area contributed by atoms with Gasteiger partial charge in [-0.15, -0.1) is 0 Å². The summed E-state index contributed by atoms with van der Waals surface area (Å²) >= 11 is 0. The van der Waals surface area contributed by atoms with Gasteiger partial charge in [-0.05, 0) is 38.0 Å². The van der Waals surface area contributed by atoms with Crippen LogP contribution in [0.2, 0.25) is 0 Å². The minimum atomic E-state index is -0.675. The largest absolute Gasteiger partial charge is 0.493 e. The van der Waals surface area contributed by atoms with Crippen molar-refractivity contribution in [2.24, 2.45) is 5.73 Å². The second-order valence-corrected chi connectivity index (χ2v) is 5.95. The van der Waals surface area contributed by atoms with Crippen molar-refractivity contribution in [3.8, 4) is 11.5 Å². The lowest BCUT2D eigenvalue weighted by atomic mass is 9.83. The molecular formula is C17H28N2O3. The first-order valence-corrected chi connectivity index (χ1v) is 7.63. The molecule has 0 unspecified atom stereocenters. The summed E-state index contributed by atoms with van der Waals surface area (Å²) in [7, 11) is 3.17. The summed E-state index contributed by atoms with van der Waals surface area (Å²) in [5, 5.41) is 2.94. The second kappa shape index (κ2) is 8.03. The van der Waals surface area contributed by atoms with Crippen LogP contribution in [0.3, 0.4) is 0 Å². The molecule has 3 N–H and O–H groups in total. The molecule has 5 nitrogen and oxygen atoms in total. The number of ether oxygens (including phenoxy) is 2. The first kappa shape index (κ1) is 18.3. The van der Waals surface area contributed by atoms with E-state index in [9.17, 15) is 4.79 Å². The van der Waals surface area contributed by atoms with Gasteiger partial charge in [0, 0.05) is 12.6 Å². The van der Waals surface area contributed by atoms with Crippen LogP contribution in [0.4, 0.5) is 0 Å². The molecule has 0 heterocycles. The van der Waals surface area contributed by atoms with Gasteiger partial charge in [-0.25, -0.2) is 0 Å². The predicted octanol–water partition coefficient (Wildman–Crippen LogP) is 2.23. The van der Waals surface area contributed by atoms with Crippen LogP contribution in [0.15, 0.2) is 18.2 Å². The van der Waals surface area contributed by atoms with E-state index >= 15 is 0 Å². The van der Waals surface area contributed by atoms with E-state index in [0.29, 0.717) is 18.0 Å². The number of amides is 1. The van der Waals surface area contributed by atoms with Gasteiger partial charge in [0.2, 0.25) is 5.91 Å². The van der Waals surface area contributed by atoms with E-state index in [1.165, 1.54) is 0 Å². The molecule has 0 bridgehead atoms. The number of carbonyl (C=O) groups is 1. The molecule has 124 valence electrons. The molecule has 0 radical (unpaired) electrons. The number of methoxy groups -OCH3 is 2. The number of rotatable bonds is 8. The molecule has 1 atom stereocenters. The third kappa shape index (κ3) is 4.37. The Kier molecular flexibility index (Phi) is 6.68. The third-order valence-electron chi connectivity index (χ3n) is 3.86. The molecule has 0 aliphatic carbocycles. The summed E-state index contributed by atoms with van der Waals surface area (Å²) in [6.07, 6.45) is 1.91. The van der Waals surface area contributed by atoms with Gasteiger partial charge in [-0.3, -0.25) is 4.79 Å². The predicted molar refractivity (Wildman–Crippen MR) is 88.5 cm³/mol. The normalized spacial score (nSPS) is 12.6. The zero-order valence-corrected chi connectivity index (χ0v) is 14.2. The molecule has 0 saturated carbocycles. The minimum Gasteiger partial charge on any atom is -0.493 e. The van der Waals surface area contributed by atoms with Gasteiger partial charge in [-0.2, -0.15) is 0 Å². The van der Waals surface area contributed by atoms with Gasteiger partial charge >= 0.3 is 0 Å². The van der Waals surface area contributed by atoms with Crippen LogP contribution in [0.5, 0.6) is 11.5 Å². The van der Waals surface area contributed by atoms with E-state index < -0.39 is 5.41 Å². The van der Waals surface area contributed by atoms with Gasteiger partial charge in [0.05, 0.1) is 19.6 Å². The van der Waals surface area contributed by atoms with Crippen LogP contribution < -0.4 is 20.5 Å². The monoisotopic (exact) mass is 308 g/mol. The zero-order chi connectivity index (χ0) is 16.8. The molecular weight excluding hydrogens is 280 g/mol. The minimum absolute atomic E-state index is 0.00449. The summed E-state index contributed by atoms with van der Waals surface area (Å²) < 4.78 is 10.5. The highest BCUT2D eigenvalue weighted by Gasteiger charge is 2.30. The molecule has 1 aromatic rings. The molecule has 5 heteroatoms. The molecule has 1 aromatic carbocycles. The lowest BCUT2D eigenvalue weighted by Gasteiger charge is -2.26. The summed E-state index contributed by atoms with van der Waals surface area (Å²) in [5.41, 5.74) is 6.14. The lowest BCUT2D eigenvalue weighted by Crippen LogP contribution is -2.45. The van der Waals surface area contributed by atoms with Gasteiger partial charge in [0.25, 0.3) is 0 Å². The Morgan fingerprint density at radius 3 is 2.45 bits per heavy atom. The van der Waals surface area contributed by atoms with Crippen LogP contribution in [-0.4, -0.2) is 32.7 Å². The highest BCUT2D eigenvalue weighted by molar-refractivity contribution is 5.87. The Morgan fingerprint density at radius 2 is 1.91 bits per heavy atom. The van der Waals surface area contributed by atoms with Crippen molar-refractivity contribution in [1.29, 1.82) is 0 Å². The van der Waals surface area contributed by atoms with E-state index in [1.807, 2.05) is 32.0 Å². The fourth-order valence-corrected chi connectivity index (χ4v) is 2.27. The molecule has 22 heavy (non-hydrogen) atoms. The fourth-order valence-electron chi connectivity index (χ4n) is 2.27. The number of carbonyl (C=O) groups excluding carboxylic acids is 1. The van der Waals surface area contributed by atoms with Gasteiger partial charge in [0.1, 0.15) is 0 Å². The van der Waals surface area contributed by atoms with Crippen LogP contribution in [-0.2, 0) is 10.2 Å². The summed E-state index contributed by atoms with van der Waals surface area (Å²) in [6.45, 7) is 6.34. The van der Waals surface area contributed by atoms with Crippen molar-refractivity contribution in [3.63, 3.8) is 0 Å². The quantitative estimate of drug-likeness (QED) is 0.772. The highest BCUT2D eigenvalue weighted by Crippen LogP contribution is 2.33. The zero-order valence-electron chi connectivity index (χ0n) is 14.2. The first-order valence-electron chi connectivity index (χ1n) is 7.63. The SMILES string of the molecule is CCC[C@@H](N)CNC(=O)C(C)(C)c1ccc(OC)c(OC)c1. The van der Waals surface area contributed by atoms with Crippen LogP contribution in [0.25, 0.3) is 0 Å². The molecule has 0 aliphatic heterocycles. The van der Waals surface area contributed by atoms with Crippen molar-refractivity contribution in [2.75, 3.05) is 20.8 Å². The molecule has 0 fully saturated rings. The van der Waals surface area contributed by atoms with Gasteiger partial charge in [0.15, 0.2) is 11.5 Å². The van der Waals surface area contributed by atoms with E-state index in [1.54, 1.807) is 14.2 Å².